The van der Waals surface area contributed by atoms with Gasteiger partial charge in [0.25, 0.3) is 0 Å². The summed E-state index contributed by atoms with van der Waals surface area (Å²) in [5, 5.41) is 7.52. The second-order valence-corrected chi connectivity index (χ2v) is 13.4. The van der Waals surface area contributed by atoms with Crippen molar-refractivity contribution in [3.05, 3.63) is 165 Å². The van der Waals surface area contributed by atoms with E-state index >= 15 is 0 Å². The van der Waals surface area contributed by atoms with Crippen LogP contribution in [0.2, 0.25) is 0 Å². The van der Waals surface area contributed by atoms with Crippen LogP contribution in [0, 0.1) is 45.1 Å². The first kappa shape index (κ1) is 47.2. The summed E-state index contributed by atoms with van der Waals surface area (Å²) >= 11 is 3.44. The molecule has 5 atom stereocenters. The summed E-state index contributed by atoms with van der Waals surface area (Å²) in [5.74, 6) is 1.79. The zero-order valence-corrected chi connectivity index (χ0v) is 31.9. The van der Waals surface area contributed by atoms with Gasteiger partial charge in [-0.25, -0.2) is 0 Å². The Labute approximate surface area is 326 Å². The number of rotatable bonds is 9. The monoisotopic (exact) mass is 762 g/mol. The molecule has 0 saturated heterocycles. The van der Waals surface area contributed by atoms with Gasteiger partial charge in [-0.3, -0.25) is 0 Å². The molecule has 0 unspecified atom stereocenters. The number of para-hydroxylation sites is 1. The molecule has 0 amide bonds. The number of nitrogens with zero attached hydrogens (tertiary/aromatic N) is 2. The van der Waals surface area contributed by atoms with Crippen molar-refractivity contribution in [1.29, 1.82) is 0 Å². The molecule has 276 valence electrons. The minimum atomic E-state index is -0.158. The van der Waals surface area contributed by atoms with E-state index in [2.05, 4.69) is 178 Å². The van der Waals surface area contributed by atoms with E-state index in [0.29, 0.717) is 11.8 Å². The SMILES string of the molecule is COc1ccc(C2=NN(c3ccccc3)[C@H]([C](=[Cr])O[C@@H]3C[C@H](C)CC[C@H]3C(C)(C)c3ccccc3)[C@H]2c2ccccc2)cc1.[C-]#[O+].[C-]#[O+].[C-]#[O+].[C-]#[O+].[C-]#[O+]. The van der Waals surface area contributed by atoms with Crippen molar-refractivity contribution in [2.75, 3.05) is 12.1 Å². The Morgan fingerprint density at radius 3 is 1.74 bits per heavy atom. The zero-order valence-electron chi connectivity index (χ0n) is 30.6. The Morgan fingerprint density at radius 1 is 0.722 bits per heavy atom. The van der Waals surface area contributed by atoms with Gasteiger partial charge in [-0.15, -0.1) is 0 Å². The molecule has 0 radical (unpaired) electrons. The Bertz CT molecular complexity index is 1780. The average molecular weight is 763 g/mol. The van der Waals surface area contributed by atoms with Crippen molar-refractivity contribution in [3.63, 3.8) is 0 Å². The van der Waals surface area contributed by atoms with Crippen LogP contribution in [0.5, 0.6) is 5.75 Å². The van der Waals surface area contributed by atoms with Crippen molar-refractivity contribution in [2.24, 2.45) is 16.9 Å². The van der Waals surface area contributed by atoms with Crippen LogP contribution in [0.25, 0.3) is 0 Å². The normalized spacial score (nSPS) is 19.5. The molecular weight excluding hydrogens is 720 g/mol. The molecule has 1 aliphatic carbocycles. The Kier molecular flexibility index (Phi) is 22.1. The van der Waals surface area contributed by atoms with Gasteiger partial charge in [-0.2, -0.15) is 0 Å². The van der Waals surface area contributed by atoms with Gasteiger partial charge >= 0.3 is 328 Å². The molecule has 6 rings (SSSR count). The van der Waals surface area contributed by atoms with E-state index in [1.165, 1.54) is 17.5 Å². The van der Waals surface area contributed by atoms with Crippen LogP contribution in [0.4, 0.5) is 5.69 Å². The molecule has 0 N–H and O–H groups in total. The summed E-state index contributed by atoms with van der Waals surface area (Å²) in [5.41, 5.74) is 5.68. The van der Waals surface area contributed by atoms with Gasteiger partial charge in [0.15, 0.2) is 0 Å². The van der Waals surface area contributed by atoms with Gasteiger partial charge in [-0.05, 0) is 0 Å². The predicted octanol–water partition coefficient (Wildman–Crippen LogP) is 8.36. The van der Waals surface area contributed by atoms with Gasteiger partial charge in [-0.1, -0.05) is 0 Å². The number of hydrogen-bond donors (Lipinski definition) is 0. The van der Waals surface area contributed by atoms with Crippen LogP contribution in [0.1, 0.15) is 62.6 Å². The molecule has 1 fully saturated rings. The third-order valence-electron chi connectivity index (χ3n) is 9.66. The average Bonchev–Trinajstić information content (AvgIpc) is 3.66. The molecule has 1 heterocycles. The summed E-state index contributed by atoms with van der Waals surface area (Å²) in [6, 6.07) is 40.2. The first-order chi connectivity index (χ1) is 26.4. The first-order valence-electron chi connectivity index (χ1n) is 16.8. The van der Waals surface area contributed by atoms with E-state index in [-0.39, 0.29) is 23.5 Å². The van der Waals surface area contributed by atoms with E-state index in [4.69, 9.17) is 37.8 Å². The van der Waals surface area contributed by atoms with Crippen molar-refractivity contribution in [1.82, 2.24) is 0 Å². The van der Waals surface area contributed by atoms with Gasteiger partial charge < -0.3 is 0 Å². The Hall–Kier alpha value is -4.79. The van der Waals surface area contributed by atoms with Crippen molar-refractivity contribution >= 4 is 16.0 Å². The second kappa shape index (κ2) is 25.3. The van der Waals surface area contributed by atoms with Crippen molar-refractivity contribution < 1.29 is 48.6 Å². The maximum atomic E-state index is 7.50. The summed E-state index contributed by atoms with van der Waals surface area (Å²) in [7, 11) is 1.70. The van der Waals surface area contributed by atoms with Crippen LogP contribution in [0.3, 0.4) is 0 Å². The Balaban J connectivity index is 0.00000135. The number of anilines is 1. The third-order valence-corrected chi connectivity index (χ3v) is 10.2. The predicted molar refractivity (Wildman–Crippen MR) is 197 cm³/mol. The number of benzene rings is 4. The number of hydrogen-bond acceptors (Lipinski definition) is 4. The molecule has 1 saturated carbocycles. The number of ether oxygens (including phenoxy) is 2. The van der Waals surface area contributed by atoms with E-state index in [1.54, 1.807) is 7.11 Å². The first-order valence-corrected chi connectivity index (χ1v) is 17.4. The maximum absolute atomic E-state index is 7.50. The van der Waals surface area contributed by atoms with Crippen molar-refractivity contribution in [3.8, 4) is 5.75 Å². The molecule has 1 aliphatic heterocycles. The third kappa shape index (κ3) is 11.9. The van der Waals surface area contributed by atoms with E-state index in [1.807, 2.05) is 12.1 Å². The van der Waals surface area contributed by atoms with Gasteiger partial charge in [0.1, 0.15) is 0 Å². The van der Waals surface area contributed by atoms with Gasteiger partial charge in [0.05, 0.1) is 0 Å². The molecule has 9 nitrogen and oxygen atoms in total. The van der Waals surface area contributed by atoms with Gasteiger partial charge in [0, 0.05) is 0 Å². The van der Waals surface area contributed by atoms with Crippen LogP contribution in [-0.4, -0.2) is 29.5 Å². The molecule has 10 heteroatoms. The molecule has 0 spiro atoms. The number of methoxy groups -OCH3 is 1. The molecule has 2 aliphatic rings. The molecule has 4 aromatic carbocycles. The zero-order chi connectivity index (χ0) is 40.7. The Morgan fingerprint density at radius 2 is 1.22 bits per heavy atom. The van der Waals surface area contributed by atoms with Crippen LogP contribution >= 0.6 is 0 Å². The fourth-order valence-electron chi connectivity index (χ4n) is 7.15. The standard InChI is InChI=1S/C39H42N2O2.5CO.Cr/c1-28-20-25-34(39(2,3)31-16-10-6-11-17-31)36(26-28)43-27-35-37(29-14-8-5-9-15-29)38(30-21-23-33(42-4)24-22-30)40-41(35)32-18-12-7-13-19-32;5*1-2;/h5-19,21-24,28,34-37H,20,25-26H2,1-4H3;;;;;;/t28-,34-,35-,36-,37-;;;;;;/m1....../s1. The van der Waals surface area contributed by atoms with E-state index in [0.717, 1.165) is 40.1 Å². The summed E-state index contributed by atoms with van der Waals surface area (Å²) in [4.78, 5) is 0. The minimum absolute atomic E-state index is 0.0231. The van der Waals surface area contributed by atoms with Gasteiger partial charge in [0.2, 0.25) is 0 Å². The summed E-state index contributed by atoms with van der Waals surface area (Å²) < 4.78 is 51.1. The van der Waals surface area contributed by atoms with Crippen LogP contribution < -0.4 is 9.75 Å². The van der Waals surface area contributed by atoms with E-state index < -0.39 is 0 Å². The topological polar surface area (TPSA) is 134 Å². The summed E-state index contributed by atoms with van der Waals surface area (Å²) in [6.45, 7) is 29.6. The molecular formula is C44H42CrN2O7. The fourth-order valence-corrected chi connectivity index (χ4v) is 7.71. The fraction of sp³-hybridized carbons (Fsp3) is 0.295. The van der Waals surface area contributed by atoms with E-state index in [9.17, 15) is 0 Å². The van der Waals surface area contributed by atoms with Crippen LogP contribution in [0.15, 0.2) is 120 Å². The summed E-state index contributed by atoms with van der Waals surface area (Å²) in [6.07, 6.45) is 3.49. The number of hydrazone groups is 1. The van der Waals surface area contributed by atoms with Crippen molar-refractivity contribution in [2.45, 2.75) is 63.5 Å². The van der Waals surface area contributed by atoms with Crippen LogP contribution in [-0.2, 0) is 49.3 Å². The molecule has 0 bridgehead atoms. The second-order valence-electron chi connectivity index (χ2n) is 12.8. The quantitative estimate of drug-likeness (QED) is 0.125. The molecule has 0 aromatic heterocycles. The molecule has 54 heavy (non-hydrogen) atoms. The molecule has 4 aromatic rings.